The summed E-state index contributed by atoms with van der Waals surface area (Å²) in [6, 6.07) is 6.84. The van der Waals surface area contributed by atoms with Gasteiger partial charge in [0.25, 0.3) is 0 Å². The fourth-order valence-corrected chi connectivity index (χ4v) is 3.30. The summed E-state index contributed by atoms with van der Waals surface area (Å²) in [7, 11) is -1.51. The minimum atomic E-state index is -1.51. The molecule has 0 bridgehead atoms. The van der Waals surface area contributed by atoms with Crippen molar-refractivity contribution in [3.05, 3.63) is 47.5 Å². The van der Waals surface area contributed by atoms with E-state index in [0.717, 1.165) is 25.0 Å². The molecular weight excluding hydrogens is 243 g/mol. The molecule has 0 unspecified atom stereocenters. The Kier molecular flexibility index (Phi) is 3.90. The van der Waals surface area contributed by atoms with Crippen LogP contribution in [0.4, 0.5) is 4.39 Å². The van der Waals surface area contributed by atoms with Gasteiger partial charge in [-0.15, -0.1) is 0 Å². The molecule has 0 spiro atoms. The quantitative estimate of drug-likeness (QED) is 0.711. The van der Waals surface area contributed by atoms with E-state index in [9.17, 15) is 4.39 Å². The summed E-state index contributed by atoms with van der Waals surface area (Å²) >= 11 is 0. The standard InChI is InChI=1S/C15H21FOSi/c1-18(2,3)17-15-6-4-5-13(11-15)12-7-9-14(16)10-8-12/h7-11,13H,4-6H2,1-3H3/t13-/m0/s1. The zero-order valence-corrected chi connectivity index (χ0v) is 12.4. The molecule has 1 aromatic carbocycles. The third-order valence-corrected chi connectivity index (χ3v) is 3.94. The number of benzene rings is 1. The molecule has 0 N–H and O–H groups in total. The van der Waals surface area contributed by atoms with Gasteiger partial charge in [-0.1, -0.05) is 12.1 Å². The summed E-state index contributed by atoms with van der Waals surface area (Å²) < 4.78 is 19.0. The fourth-order valence-electron chi connectivity index (χ4n) is 2.34. The van der Waals surface area contributed by atoms with Crippen molar-refractivity contribution in [2.45, 2.75) is 44.8 Å². The lowest BCUT2D eigenvalue weighted by Crippen LogP contribution is -2.25. The molecule has 1 atom stereocenters. The average Bonchev–Trinajstić information content (AvgIpc) is 2.28. The predicted octanol–water partition coefficient (Wildman–Crippen LogP) is 4.83. The first-order valence-electron chi connectivity index (χ1n) is 6.59. The average molecular weight is 264 g/mol. The number of allylic oxidation sites excluding steroid dienone is 2. The van der Waals surface area contributed by atoms with E-state index in [0.29, 0.717) is 5.92 Å². The molecule has 2 rings (SSSR count). The SMILES string of the molecule is C[Si](C)(C)OC1=C[C@@H](c2ccc(F)cc2)CCC1. The first kappa shape index (κ1) is 13.3. The Morgan fingerprint density at radius 2 is 1.83 bits per heavy atom. The molecule has 1 aromatic rings. The Morgan fingerprint density at radius 3 is 2.44 bits per heavy atom. The van der Waals surface area contributed by atoms with Crippen LogP contribution in [0, 0.1) is 5.82 Å². The number of halogens is 1. The number of hydrogen-bond donors (Lipinski definition) is 0. The van der Waals surface area contributed by atoms with E-state index < -0.39 is 8.32 Å². The lowest BCUT2D eigenvalue weighted by molar-refractivity contribution is 0.373. The first-order valence-corrected chi connectivity index (χ1v) is 10.00. The van der Waals surface area contributed by atoms with Crippen LogP contribution in [0.25, 0.3) is 0 Å². The number of hydrogen-bond acceptors (Lipinski definition) is 1. The molecule has 3 heteroatoms. The van der Waals surface area contributed by atoms with Crippen LogP contribution in [-0.2, 0) is 4.43 Å². The maximum Gasteiger partial charge on any atom is 0.241 e. The van der Waals surface area contributed by atoms with Crippen LogP contribution in [0.2, 0.25) is 19.6 Å². The van der Waals surface area contributed by atoms with E-state index in [2.05, 4.69) is 25.7 Å². The summed E-state index contributed by atoms with van der Waals surface area (Å²) in [5.41, 5.74) is 1.19. The Hall–Kier alpha value is -1.09. The fraction of sp³-hybridized carbons (Fsp3) is 0.467. The highest BCUT2D eigenvalue weighted by Gasteiger charge is 2.22. The van der Waals surface area contributed by atoms with Crippen molar-refractivity contribution < 1.29 is 8.82 Å². The maximum absolute atomic E-state index is 12.9. The second-order valence-electron chi connectivity index (χ2n) is 5.90. The highest BCUT2D eigenvalue weighted by molar-refractivity contribution is 6.70. The van der Waals surface area contributed by atoms with E-state index in [4.69, 9.17) is 4.43 Å². The van der Waals surface area contributed by atoms with Gasteiger partial charge in [0.15, 0.2) is 0 Å². The largest absolute Gasteiger partial charge is 0.548 e. The van der Waals surface area contributed by atoms with Gasteiger partial charge in [0, 0.05) is 12.3 Å². The van der Waals surface area contributed by atoms with Gasteiger partial charge >= 0.3 is 0 Å². The van der Waals surface area contributed by atoms with E-state index >= 15 is 0 Å². The second-order valence-corrected chi connectivity index (χ2v) is 10.3. The molecule has 0 aliphatic heterocycles. The highest BCUT2D eigenvalue weighted by atomic mass is 28.4. The van der Waals surface area contributed by atoms with E-state index in [-0.39, 0.29) is 5.82 Å². The normalized spacial score (nSPS) is 20.4. The van der Waals surface area contributed by atoms with Gasteiger partial charge in [-0.05, 0) is 56.3 Å². The third kappa shape index (κ3) is 3.70. The molecule has 0 aromatic heterocycles. The van der Waals surface area contributed by atoms with E-state index in [1.807, 2.05) is 12.1 Å². The monoisotopic (exact) mass is 264 g/mol. The molecular formula is C15H21FOSi. The molecule has 1 aliphatic carbocycles. The molecule has 0 amide bonds. The molecule has 1 nitrogen and oxygen atoms in total. The summed E-state index contributed by atoms with van der Waals surface area (Å²) in [5, 5.41) is 0. The minimum absolute atomic E-state index is 0.169. The van der Waals surface area contributed by atoms with Gasteiger partial charge < -0.3 is 4.43 Å². The zero-order valence-electron chi connectivity index (χ0n) is 11.4. The van der Waals surface area contributed by atoms with E-state index in [1.165, 1.54) is 17.7 Å². The smallest absolute Gasteiger partial charge is 0.241 e. The first-order chi connectivity index (χ1) is 8.44. The minimum Gasteiger partial charge on any atom is -0.548 e. The van der Waals surface area contributed by atoms with Crippen LogP contribution in [0.3, 0.4) is 0 Å². The van der Waals surface area contributed by atoms with Crippen LogP contribution in [0.1, 0.15) is 30.7 Å². The van der Waals surface area contributed by atoms with Crippen LogP contribution < -0.4 is 0 Å². The van der Waals surface area contributed by atoms with Gasteiger partial charge in [-0.2, -0.15) is 0 Å². The van der Waals surface area contributed by atoms with Crippen LogP contribution in [0.5, 0.6) is 0 Å². The Morgan fingerprint density at radius 1 is 1.17 bits per heavy atom. The van der Waals surface area contributed by atoms with Gasteiger partial charge in [0.2, 0.25) is 8.32 Å². The number of rotatable bonds is 3. The van der Waals surface area contributed by atoms with Crippen molar-refractivity contribution in [3.8, 4) is 0 Å². The zero-order chi connectivity index (χ0) is 13.2. The van der Waals surface area contributed by atoms with Crippen molar-refractivity contribution in [2.75, 3.05) is 0 Å². The van der Waals surface area contributed by atoms with Crippen molar-refractivity contribution in [1.29, 1.82) is 0 Å². The molecule has 0 saturated heterocycles. The van der Waals surface area contributed by atoms with Crippen LogP contribution in [0.15, 0.2) is 36.1 Å². The second kappa shape index (κ2) is 5.27. The maximum atomic E-state index is 12.9. The van der Waals surface area contributed by atoms with Crippen molar-refractivity contribution >= 4 is 8.32 Å². The molecule has 0 saturated carbocycles. The lowest BCUT2D eigenvalue weighted by Gasteiger charge is -2.27. The van der Waals surface area contributed by atoms with Crippen LogP contribution in [-0.4, -0.2) is 8.32 Å². The lowest BCUT2D eigenvalue weighted by atomic mass is 9.88. The van der Waals surface area contributed by atoms with Crippen LogP contribution >= 0.6 is 0 Å². The molecule has 0 radical (unpaired) electrons. The van der Waals surface area contributed by atoms with Crippen molar-refractivity contribution in [2.24, 2.45) is 0 Å². The predicted molar refractivity (Wildman–Crippen MR) is 75.5 cm³/mol. The summed E-state index contributed by atoms with van der Waals surface area (Å²) in [6.07, 6.45) is 5.56. The molecule has 0 fully saturated rings. The third-order valence-electron chi connectivity index (χ3n) is 3.06. The van der Waals surface area contributed by atoms with E-state index in [1.54, 1.807) is 0 Å². The van der Waals surface area contributed by atoms with Crippen molar-refractivity contribution in [3.63, 3.8) is 0 Å². The molecule has 1 aliphatic rings. The van der Waals surface area contributed by atoms with Gasteiger partial charge in [0.05, 0.1) is 5.76 Å². The Balaban J connectivity index is 2.14. The Bertz CT molecular complexity index is 431. The molecule has 18 heavy (non-hydrogen) atoms. The molecule has 98 valence electrons. The summed E-state index contributed by atoms with van der Waals surface area (Å²) in [5.74, 6) is 1.34. The highest BCUT2D eigenvalue weighted by Crippen LogP contribution is 2.32. The topological polar surface area (TPSA) is 9.23 Å². The molecule has 0 heterocycles. The Labute approximate surface area is 110 Å². The summed E-state index contributed by atoms with van der Waals surface area (Å²) in [6.45, 7) is 6.61. The van der Waals surface area contributed by atoms with Gasteiger partial charge in [-0.3, -0.25) is 0 Å². The van der Waals surface area contributed by atoms with Crippen molar-refractivity contribution in [1.82, 2.24) is 0 Å². The van der Waals surface area contributed by atoms with Gasteiger partial charge in [-0.25, -0.2) is 4.39 Å². The van der Waals surface area contributed by atoms with Gasteiger partial charge in [0.1, 0.15) is 5.82 Å². The summed E-state index contributed by atoms with van der Waals surface area (Å²) in [4.78, 5) is 0.